The summed E-state index contributed by atoms with van der Waals surface area (Å²) in [5, 5.41) is 12.9. The van der Waals surface area contributed by atoms with E-state index in [1.54, 1.807) is 0 Å². The maximum atomic E-state index is 11.5. The summed E-state index contributed by atoms with van der Waals surface area (Å²) < 4.78 is 0. The fraction of sp³-hybridized carbons (Fsp3) is 0.500. The normalized spacial score (nSPS) is 20.5. The summed E-state index contributed by atoms with van der Waals surface area (Å²) in [6, 6.07) is -2.15. The molecule has 0 saturated carbocycles. The highest BCUT2D eigenvalue weighted by atomic mass is 32.2. The summed E-state index contributed by atoms with van der Waals surface area (Å²) in [7, 11) is 0. The molecule has 0 aromatic carbocycles. The molecule has 0 aromatic rings. The summed E-state index contributed by atoms with van der Waals surface area (Å²) in [6.45, 7) is 0. The smallest absolute Gasteiger partial charge is 0.326 e. The Balaban J connectivity index is 2.55. The highest BCUT2D eigenvalue weighted by Crippen LogP contribution is 2.13. The molecule has 1 heterocycles. The van der Waals surface area contributed by atoms with E-state index in [0.29, 0.717) is 0 Å². The lowest BCUT2D eigenvalue weighted by Crippen LogP contribution is -2.50. The fourth-order valence-corrected chi connectivity index (χ4v) is 1.98. The molecule has 1 aliphatic heterocycles. The van der Waals surface area contributed by atoms with E-state index in [-0.39, 0.29) is 11.0 Å². The van der Waals surface area contributed by atoms with Gasteiger partial charge >= 0.3 is 5.97 Å². The van der Waals surface area contributed by atoms with E-state index >= 15 is 0 Å². The van der Waals surface area contributed by atoms with Gasteiger partial charge in [0, 0.05) is 5.75 Å². The van der Waals surface area contributed by atoms with Gasteiger partial charge in [-0.05, 0) is 0 Å². The van der Waals surface area contributed by atoms with Crippen LogP contribution < -0.4 is 16.4 Å². The van der Waals surface area contributed by atoms with Crippen molar-refractivity contribution >= 4 is 34.8 Å². The second-order valence-corrected chi connectivity index (χ2v) is 4.36. The van der Waals surface area contributed by atoms with Crippen molar-refractivity contribution in [2.24, 2.45) is 5.73 Å². The highest BCUT2D eigenvalue weighted by Gasteiger charge is 2.31. The number of nitrogens with one attached hydrogen (secondary N) is 2. The number of hydrogen-bond acceptors (Lipinski definition) is 5. The third-order valence-electron chi connectivity index (χ3n) is 2.01. The van der Waals surface area contributed by atoms with Crippen LogP contribution in [0.15, 0.2) is 0 Å². The number of primary amides is 1. The summed E-state index contributed by atoms with van der Waals surface area (Å²) in [4.78, 5) is 43.7. The van der Waals surface area contributed by atoms with Gasteiger partial charge in [0.15, 0.2) is 0 Å². The second-order valence-electron chi connectivity index (χ2n) is 3.37. The van der Waals surface area contributed by atoms with Gasteiger partial charge in [0.2, 0.25) is 11.8 Å². The zero-order valence-electron chi connectivity index (χ0n) is 8.63. The van der Waals surface area contributed by atoms with Crippen LogP contribution in [0.2, 0.25) is 0 Å². The predicted molar refractivity (Wildman–Crippen MR) is 58.2 cm³/mol. The molecule has 17 heavy (non-hydrogen) atoms. The van der Waals surface area contributed by atoms with Gasteiger partial charge in [-0.3, -0.25) is 14.4 Å². The standard InChI is InChI=1S/C8H11N3O5S/c9-5(12)1-3(7(14)15)10-6(13)4-2-17-8(16)11-4/h3-4H,1-2H2,(H2,9,12)(H,10,13)(H,11,16)(H,14,15)/t3-,4?/m1/s1. The molecule has 0 spiro atoms. The van der Waals surface area contributed by atoms with Gasteiger partial charge in [-0.2, -0.15) is 0 Å². The van der Waals surface area contributed by atoms with Crippen LogP contribution in [-0.4, -0.2) is 46.0 Å². The van der Waals surface area contributed by atoms with Crippen molar-refractivity contribution in [2.75, 3.05) is 5.75 Å². The molecule has 1 saturated heterocycles. The number of thioether (sulfide) groups is 1. The van der Waals surface area contributed by atoms with Gasteiger partial charge < -0.3 is 21.5 Å². The van der Waals surface area contributed by atoms with Crippen LogP contribution in [0, 0.1) is 0 Å². The lowest BCUT2D eigenvalue weighted by molar-refractivity contribution is -0.143. The number of aliphatic carboxylic acids is 1. The molecular weight excluding hydrogens is 250 g/mol. The van der Waals surface area contributed by atoms with E-state index in [4.69, 9.17) is 10.8 Å². The van der Waals surface area contributed by atoms with E-state index in [2.05, 4.69) is 10.6 Å². The molecule has 2 atom stereocenters. The van der Waals surface area contributed by atoms with Gasteiger partial charge in [0.25, 0.3) is 5.24 Å². The summed E-state index contributed by atoms with van der Waals surface area (Å²) in [5.41, 5.74) is 4.85. The average molecular weight is 261 g/mol. The lowest BCUT2D eigenvalue weighted by Gasteiger charge is -2.15. The van der Waals surface area contributed by atoms with Gasteiger partial charge in [-0.1, -0.05) is 11.8 Å². The number of carbonyl (C=O) groups is 4. The Bertz CT molecular complexity index is 372. The molecule has 0 bridgehead atoms. The first-order chi connectivity index (χ1) is 7.90. The number of rotatable bonds is 5. The molecule has 5 N–H and O–H groups in total. The molecular formula is C8H11N3O5S. The third kappa shape index (κ3) is 3.94. The molecule has 1 unspecified atom stereocenters. The van der Waals surface area contributed by atoms with E-state index in [9.17, 15) is 19.2 Å². The Morgan fingerprint density at radius 3 is 2.65 bits per heavy atom. The largest absolute Gasteiger partial charge is 0.480 e. The van der Waals surface area contributed by atoms with Crippen LogP contribution >= 0.6 is 11.8 Å². The number of carboxylic acid groups (broad SMARTS) is 1. The number of carbonyl (C=O) groups excluding carboxylic acids is 3. The summed E-state index contributed by atoms with van der Waals surface area (Å²) >= 11 is 0.933. The molecule has 1 rings (SSSR count). The van der Waals surface area contributed by atoms with Crippen LogP contribution in [0.3, 0.4) is 0 Å². The van der Waals surface area contributed by atoms with Crippen LogP contribution in [0.4, 0.5) is 4.79 Å². The molecule has 9 heteroatoms. The minimum atomic E-state index is -1.37. The Morgan fingerprint density at radius 2 is 2.24 bits per heavy atom. The van der Waals surface area contributed by atoms with Crippen molar-refractivity contribution in [1.82, 2.24) is 10.6 Å². The number of hydrogen-bond donors (Lipinski definition) is 4. The molecule has 8 nitrogen and oxygen atoms in total. The minimum Gasteiger partial charge on any atom is -0.480 e. The maximum absolute atomic E-state index is 11.5. The van der Waals surface area contributed by atoms with Crippen molar-refractivity contribution < 1.29 is 24.3 Å². The molecule has 1 aliphatic rings. The predicted octanol–water partition coefficient (Wildman–Crippen LogP) is -1.74. The van der Waals surface area contributed by atoms with E-state index in [1.807, 2.05) is 0 Å². The molecule has 0 radical (unpaired) electrons. The topological polar surface area (TPSA) is 139 Å². The first-order valence-corrected chi connectivity index (χ1v) is 5.63. The Kier molecular flexibility index (Phi) is 4.32. The summed E-state index contributed by atoms with van der Waals surface area (Å²) in [5.74, 6) is -2.60. The van der Waals surface area contributed by atoms with Crippen molar-refractivity contribution in [3.05, 3.63) is 0 Å². The first kappa shape index (κ1) is 13.3. The monoisotopic (exact) mass is 261 g/mol. The Morgan fingerprint density at radius 1 is 1.59 bits per heavy atom. The van der Waals surface area contributed by atoms with E-state index in [1.165, 1.54) is 0 Å². The van der Waals surface area contributed by atoms with Gasteiger partial charge in [0.1, 0.15) is 12.1 Å². The van der Waals surface area contributed by atoms with Crippen molar-refractivity contribution in [3.8, 4) is 0 Å². The number of carboxylic acids is 1. The third-order valence-corrected chi connectivity index (χ3v) is 2.89. The second kappa shape index (κ2) is 5.53. The van der Waals surface area contributed by atoms with Crippen LogP contribution in [0.25, 0.3) is 0 Å². The van der Waals surface area contributed by atoms with Crippen LogP contribution in [-0.2, 0) is 14.4 Å². The van der Waals surface area contributed by atoms with Gasteiger partial charge in [-0.25, -0.2) is 4.79 Å². The van der Waals surface area contributed by atoms with Gasteiger partial charge in [-0.15, -0.1) is 0 Å². The number of amides is 3. The highest BCUT2D eigenvalue weighted by molar-refractivity contribution is 8.14. The van der Waals surface area contributed by atoms with Crippen molar-refractivity contribution in [2.45, 2.75) is 18.5 Å². The van der Waals surface area contributed by atoms with Gasteiger partial charge in [0.05, 0.1) is 6.42 Å². The molecule has 0 aromatic heterocycles. The Labute approximate surface area is 100 Å². The minimum absolute atomic E-state index is 0.230. The molecule has 94 valence electrons. The van der Waals surface area contributed by atoms with Crippen molar-refractivity contribution in [1.29, 1.82) is 0 Å². The maximum Gasteiger partial charge on any atom is 0.326 e. The van der Waals surface area contributed by atoms with E-state index < -0.39 is 36.3 Å². The van der Waals surface area contributed by atoms with Crippen molar-refractivity contribution in [3.63, 3.8) is 0 Å². The molecule has 0 aliphatic carbocycles. The summed E-state index contributed by atoms with van der Waals surface area (Å²) in [6.07, 6.45) is -0.491. The molecule has 3 amide bonds. The van der Waals surface area contributed by atoms with Crippen LogP contribution in [0.1, 0.15) is 6.42 Å². The average Bonchev–Trinajstić information content (AvgIpc) is 2.63. The fourth-order valence-electron chi connectivity index (χ4n) is 1.20. The van der Waals surface area contributed by atoms with Crippen LogP contribution in [0.5, 0.6) is 0 Å². The Hall–Kier alpha value is -1.77. The quantitative estimate of drug-likeness (QED) is 0.463. The zero-order valence-corrected chi connectivity index (χ0v) is 9.45. The SMILES string of the molecule is NC(=O)C[C@@H](NC(=O)C1CSC(=O)N1)C(=O)O. The zero-order chi connectivity index (χ0) is 13.0. The number of nitrogens with two attached hydrogens (primary N) is 1. The first-order valence-electron chi connectivity index (χ1n) is 4.65. The molecule has 1 fully saturated rings. The van der Waals surface area contributed by atoms with E-state index in [0.717, 1.165) is 11.8 Å². The lowest BCUT2D eigenvalue weighted by atomic mass is 10.2.